The van der Waals surface area contributed by atoms with Gasteiger partial charge in [-0.15, -0.1) is 24.8 Å². The van der Waals surface area contributed by atoms with E-state index in [0.29, 0.717) is 11.8 Å². The van der Waals surface area contributed by atoms with Crippen molar-refractivity contribution in [3.8, 4) is 0 Å². The zero-order chi connectivity index (χ0) is 25.3. The molecule has 3 aliphatic rings. The summed E-state index contributed by atoms with van der Waals surface area (Å²) in [6.45, 7) is 9.65. The number of hydrogen-bond acceptors (Lipinski definition) is 0. The second-order valence-corrected chi connectivity index (χ2v) is 29.4. The van der Waals surface area contributed by atoms with Gasteiger partial charge >= 0.3 is 228 Å². The van der Waals surface area contributed by atoms with Gasteiger partial charge in [0.15, 0.2) is 0 Å². The molecule has 0 N–H and O–H groups in total. The first-order valence-corrected chi connectivity index (χ1v) is 23.6. The summed E-state index contributed by atoms with van der Waals surface area (Å²) in [6, 6.07) is 28.0. The van der Waals surface area contributed by atoms with E-state index >= 15 is 0 Å². The van der Waals surface area contributed by atoms with E-state index in [4.69, 9.17) is 0 Å². The molecule has 1 fully saturated rings. The minimum absolute atomic E-state index is 0. The number of benzene rings is 4. The molecule has 0 saturated carbocycles. The Hall–Kier alpha value is -1.67. The Bertz CT molecular complexity index is 1490. The number of allylic oxidation sites excluding steroid dienone is 2. The minimum atomic E-state index is -2.83. The largest absolute Gasteiger partial charge is 0.147 e. The first-order chi connectivity index (χ1) is 18.0. The Balaban J connectivity index is 0.00000154. The molecular formula is C36H40Cl2Hf. The predicted molar refractivity (Wildman–Crippen MR) is 172 cm³/mol. The quantitative estimate of drug-likeness (QED) is 0.174. The molecule has 39 heavy (non-hydrogen) atoms. The van der Waals surface area contributed by atoms with E-state index in [9.17, 15) is 0 Å². The van der Waals surface area contributed by atoms with Crippen LogP contribution in [0.3, 0.4) is 0 Å². The molecule has 0 spiro atoms. The van der Waals surface area contributed by atoms with Crippen molar-refractivity contribution in [3.63, 3.8) is 0 Å². The maximum absolute atomic E-state index is 2.83. The van der Waals surface area contributed by atoms with Crippen LogP contribution in [0, 0.1) is 11.8 Å². The SMILES string of the molecule is CC(C)CC1=Cc2c(ccc3ccccc23)[CH]1[Hf]1([CH]2C(CC(C)C)=Cc3c2ccc2ccccc32)[CH2][CH2]1.Cl.Cl. The molecular weight excluding hydrogens is 682 g/mol. The van der Waals surface area contributed by atoms with Gasteiger partial charge in [0, 0.05) is 0 Å². The van der Waals surface area contributed by atoms with Crippen LogP contribution in [0.4, 0.5) is 0 Å². The van der Waals surface area contributed by atoms with E-state index in [-0.39, 0.29) is 24.8 Å². The molecule has 1 aliphatic heterocycles. The molecule has 0 nitrogen and oxygen atoms in total. The summed E-state index contributed by atoms with van der Waals surface area (Å²) in [7, 11) is 0. The van der Waals surface area contributed by atoms with Crippen molar-refractivity contribution in [2.75, 3.05) is 0 Å². The van der Waals surface area contributed by atoms with Gasteiger partial charge in [-0.05, 0) is 0 Å². The van der Waals surface area contributed by atoms with Crippen molar-refractivity contribution in [2.45, 2.75) is 56.2 Å². The van der Waals surface area contributed by atoms with Crippen LogP contribution in [0.1, 0.15) is 70.1 Å². The molecule has 0 amide bonds. The second-order valence-electron chi connectivity index (χ2n) is 12.8. The van der Waals surface area contributed by atoms with Gasteiger partial charge in [0.25, 0.3) is 0 Å². The van der Waals surface area contributed by atoms with Gasteiger partial charge in [0.2, 0.25) is 0 Å². The zero-order valence-electron chi connectivity index (χ0n) is 23.5. The molecule has 0 bridgehead atoms. The summed E-state index contributed by atoms with van der Waals surface area (Å²) >= 11 is -2.83. The van der Waals surface area contributed by atoms with Crippen molar-refractivity contribution in [3.05, 3.63) is 106 Å². The normalized spacial score (nSPS) is 20.4. The van der Waals surface area contributed by atoms with Crippen molar-refractivity contribution in [2.24, 2.45) is 11.8 Å². The van der Waals surface area contributed by atoms with E-state index in [1.54, 1.807) is 41.8 Å². The van der Waals surface area contributed by atoms with Crippen molar-refractivity contribution < 1.29 is 20.0 Å². The summed E-state index contributed by atoms with van der Waals surface area (Å²) in [6.07, 6.45) is 7.81. The second kappa shape index (κ2) is 11.0. The van der Waals surface area contributed by atoms with Crippen LogP contribution < -0.4 is 0 Å². The summed E-state index contributed by atoms with van der Waals surface area (Å²) in [5.74, 6) is 1.40. The van der Waals surface area contributed by atoms with Crippen molar-refractivity contribution in [1.29, 1.82) is 0 Å². The zero-order valence-corrected chi connectivity index (χ0v) is 28.8. The summed E-state index contributed by atoms with van der Waals surface area (Å²) in [4.78, 5) is 0. The maximum Gasteiger partial charge on any atom is -0.147 e. The van der Waals surface area contributed by atoms with Gasteiger partial charge in [-0.1, -0.05) is 0 Å². The number of fused-ring (bicyclic) bond motifs is 6. The number of halogens is 2. The van der Waals surface area contributed by atoms with Crippen LogP contribution in [0.25, 0.3) is 33.7 Å². The fourth-order valence-corrected chi connectivity index (χ4v) is 35.8. The molecule has 2 aliphatic carbocycles. The molecule has 2 unspecified atom stereocenters. The van der Waals surface area contributed by atoms with Gasteiger partial charge < -0.3 is 0 Å². The molecule has 3 heteroatoms. The molecule has 202 valence electrons. The van der Waals surface area contributed by atoms with Crippen LogP contribution >= 0.6 is 24.8 Å². The predicted octanol–water partition coefficient (Wildman–Crippen LogP) is 11.5. The first-order valence-electron chi connectivity index (χ1n) is 14.4. The molecule has 2 atom stereocenters. The molecule has 0 aromatic heterocycles. The third-order valence-electron chi connectivity index (χ3n) is 9.30. The topological polar surface area (TPSA) is 0 Å². The van der Waals surface area contributed by atoms with Crippen molar-refractivity contribution in [1.82, 2.24) is 0 Å². The smallest absolute Gasteiger partial charge is 0.147 e. The Labute approximate surface area is 251 Å². The van der Waals surface area contributed by atoms with Crippen LogP contribution in [0.2, 0.25) is 8.35 Å². The van der Waals surface area contributed by atoms with Crippen LogP contribution in [-0.4, -0.2) is 0 Å². The molecule has 0 radical (unpaired) electrons. The van der Waals surface area contributed by atoms with Gasteiger partial charge in [0.05, 0.1) is 0 Å². The molecule has 1 heterocycles. The van der Waals surface area contributed by atoms with E-state index in [1.165, 1.54) is 34.4 Å². The standard InChI is InChI=1S/2C17H17.C2H4.2ClH.Hf/c2*1-12(2)9-13-10-15-8-7-14-5-3-4-6-16(14)17(15)11-13;1-2;;;/h2*3-8,10-12H,9H2,1-2H3;1-2H2;2*1H;. The Morgan fingerprint density at radius 2 is 1.00 bits per heavy atom. The first kappa shape index (κ1) is 28.8. The average molecular weight is 722 g/mol. The van der Waals surface area contributed by atoms with Crippen molar-refractivity contribution >= 4 is 58.5 Å². The average Bonchev–Trinajstić information content (AvgIpc) is 3.43. The third kappa shape index (κ3) is 4.71. The van der Waals surface area contributed by atoms with E-state index in [2.05, 4.69) is 113 Å². The minimum Gasteiger partial charge on any atom is -0.147 e. The van der Waals surface area contributed by atoms with E-state index < -0.39 is 20.0 Å². The third-order valence-corrected chi connectivity index (χ3v) is 28.4. The summed E-state index contributed by atoms with van der Waals surface area (Å²) in [5, 5.41) is 5.70. The summed E-state index contributed by atoms with van der Waals surface area (Å²) < 4.78 is 4.58. The Morgan fingerprint density at radius 1 is 0.590 bits per heavy atom. The fourth-order valence-electron chi connectivity index (χ4n) is 7.93. The molecule has 7 rings (SSSR count). The van der Waals surface area contributed by atoms with E-state index in [0.717, 1.165) is 7.35 Å². The van der Waals surface area contributed by atoms with Gasteiger partial charge in [0.1, 0.15) is 0 Å². The maximum atomic E-state index is 2.66. The van der Waals surface area contributed by atoms with Gasteiger partial charge in [-0.3, -0.25) is 0 Å². The fraction of sp³-hybridized carbons (Fsp3) is 0.333. The van der Waals surface area contributed by atoms with Crippen LogP contribution in [0.5, 0.6) is 0 Å². The van der Waals surface area contributed by atoms with Crippen LogP contribution in [0.15, 0.2) is 83.9 Å². The van der Waals surface area contributed by atoms with Crippen LogP contribution in [-0.2, 0) is 20.0 Å². The number of hydrogen-bond donors (Lipinski definition) is 0. The number of rotatable bonds is 6. The Kier molecular flexibility index (Phi) is 8.10. The summed E-state index contributed by atoms with van der Waals surface area (Å²) in [5.41, 5.74) is 10.0. The van der Waals surface area contributed by atoms with Gasteiger partial charge in [-0.2, -0.15) is 0 Å². The molecule has 1 saturated heterocycles. The molecule has 4 aromatic rings. The Morgan fingerprint density at radius 3 is 1.38 bits per heavy atom. The molecule has 4 aromatic carbocycles. The van der Waals surface area contributed by atoms with Gasteiger partial charge in [-0.25, -0.2) is 0 Å². The monoisotopic (exact) mass is 722 g/mol. The van der Waals surface area contributed by atoms with E-state index in [1.807, 2.05) is 0 Å².